The molecule has 3 aromatic carbocycles. The molecule has 0 amide bonds. The van der Waals surface area contributed by atoms with Crippen molar-refractivity contribution in [1.82, 2.24) is 14.9 Å². The van der Waals surface area contributed by atoms with Crippen molar-refractivity contribution >= 4 is 23.0 Å². The molecule has 0 radical (unpaired) electrons. The van der Waals surface area contributed by atoms with E-state index in [1.165, 1.54) is 16.7 Å². The van der Waals surface area contributed by atoms with Gasteiger partial charge in [0.15, 0.2) is 5.11 Å². The van der Waals surface area contributed by atoms with Gasteiger partial charge >= 0.3 is 0 Å². The Morgan fingerprint density at radius 3 is 2.18 bits per heavy atom. The lowest BCUT2D eigenvalue weighted by atomic mass is 10.0. The number of nitrogens with zero attached hydrogens (tertiary/aromatic N) is 3. The number of pyridine rings is 1. The maximum atomic E-state index is 6.08. The second-order valence-electron chi connectivity index (χ2n) is 9.98. The van der Waals surface area contributed by atoms with E-state index in [0.717, 1.165) is 34.3 Å². The zero-order valence-electron chi connectivity index (χ0n) is 22.2. The summed E-state index contributed by atoms with van der Waals surface area (Å²) >= 11 is 5.94. The van der Waals surface area contributed by atoms with E-state index < -0.39 is 0 Å². The number of benzene rings is 3. The minimum atomic E-state index is -0.123. The Bertz CT molecular complexity index is 1610. The molecule has 1 N–H and O–H groups in total. The van der Waals surface area contributed by atoms with Crippen LogP contribution in [0.5, 0.6) is 11.5 Å². The van der Waals surface area contributed by atoms with Gasteiger partial charge < -0.3 is 19.5 Å². The lowest BCUT2D eigenvalue weighted by molar-refractivity contribution is 0.482. The van der Waals surface area contributed by atoms with E-state index in [2.05, 4.69) is 90.3 Å². The third-order valence-electron chi connectivity index (χ3n) is 7.32. The van der Waals surface area contributed by atoms with Crippen LogP contribution in [-0.4, -0.2) is 14.7 Å². The van der Waals surface area contributed by atoms with Crippen molar-refractivity contribution in [1.29, 1.82) is 0 Å². The van der Waals surface area contributed by atoms with Crippen LogP contribution in [0.2, 0.25) is 0 Å². The summed E-state index contributed by atoms with van der Waals surface area (Å²) in [6.45, 7) is 6.36. The molecule has 5 nitrogen and oxygen atoms in total. The minimum Gasteiger partial charge on any atom is -0.457 e. The van der Waals surface area contributed by atoms with Gasteiger partial charge in [0.05, 0.1) is 11.7 Å². The number of nitrogens with one attached hydrogen (secondary N) is 1. The van der Waals surface area contributed by atoms with Crippen LogP contribution in [0.3, 0.4) is 0 Å². The molecule has 0 saturated carbocycles. The summed E-state index contributed by atoms with van der Waals surface area (Å²) in [5.74, 6) is 1.59. The summed E-state index contributed by atoms with van der Waals surface area (Å²) in [5.41, 5.74) is 7.91. The molecule has 0 bridgehead atoms. The Kier molecular flexibility index (Phi) is 6.63. The van der Waals surface area contributed by atoms with E-state index in [0.29, 0.717) is 5.11 Å². The number of ether oxygens (including phenoxy) is 1. The van der Waals surface area contributed by atoms with Gasteiger partial charge in [-0.15, -0.1) is 0 Å². The molecule has 2 atom stereocenters. The highest BCUT2D eigenvalue weighted by atomic mass is 32.1. The third-order valence-corrected chi connectivity index (χ3v) is 7.64. The maximum absolute atomic E-state index is 6.08. The molecule has 3 heterocycles. The van der Waals surface area contributed by atoms with Crippen LogP contribution >= 0.6 is 12.2 Å². The highest BCUT2D eigenvalue weighted by Crippen LogP contribution is 2.42. The van der Waals surface area contributed by atoms with Crippen molar-refractivity contribution < 1.29 is 4.74 Å². The number of anilines is 1. The molecule has 39 heavy (non-hydrogen) atoms. The third kappa shape index (κ3) is 4.91. The van der Waals surface area contributed by atoms with Crippen LogP contribution in [0.1, 0.15) is 40.2 Å². The van der Waals surface area contributed by atoms with Gasteiger partial charge in [-0.05, 0) is 117 Å². The molecular formula is C33H30N4OS. The number of aryl methyl sites for hydroxylation is 3. The first-order valence-corrected chi connectivity index (χ1v) is 13.5. The molecule has 0 spiro atoms. The summed E-state index contributed by atoms with van der Waals surface area (Å²) in [5, 5.41) is 4.23. The number of rotatable bonds is 6. The standard InChI is InChI=1S/C33H30N4OS/c1-22-9-15-27(16-10-22)38-28-17-13-25(14-18-28)37-32(31(35-33(37)39)29-7-4-5-19-34-29)30-8-6-20-36(30)26-12-11-23(2)24(3)21-26/h4-21,31-32H,1-3H3,(H,35,39)/t31-,32+/m0/s1. The predicted molar refractivity (Wildman–Crippen MR) is 161 cm³/mol. The zero-order chi connectivity index (χ0) is 26.9. The van der Waals surface area contributed by atoms with Crippen LogP contribution in [0.4, 0.5) is 5.69 Å². The summed E-state index contributed by atoms with van der Waals surface area (Å²) in [6, 6.07) is 32.8. The fourth-order valence-corrected chi connectivity index (χ4v) is 5.44. The molecular weight excluding hydrogens is 500 g/mol. The van der Waals surface area contributed by atoms with Gasteiger partial charge in [-0.25, -0.2) is 0 Å². The average molecular weight is 531 g/mol. The molecule has 5 aromatic rings. The van der Waals surface area contributed by atoms with Crippen LogP contribution in [-0.2, 0) is 0 Å². The van der Waals surface area contributed by atoms with Gasteiger partial charge in [0, 0.05) is 29.5 Å². The average Bonchev–Trinajstić information content (AvgIpc) is 3.57. The molecule has 6 rings (SSSR count). The molecule has 1 aliphatic heterocycles. The molecule has 1 saturated heterocycles. The van der Waals surface area contributed by atoms with Crippen LogP contribution in [0.25, 0.3) is 5.69 Å². The maximum Gasteiger partial charge on any atom is 0.174 e. The normalized spacial score (nSPS) is 16.8. The summed E-state index contributed by atoms with van der Waals surface area (Å²) < 4.78 is 8.34. The molecule has 6 heteroatoms. The number of hydrogen-bond acceptors (Lipinski definition) is 3. The first-order chi connectivity index (χ1) is 19.0. The fourth-order valence-electron chi connectivity index (χ4n) is 5.10. The van der Waals surface area contributed by atoms with Crippen molar-refractivity contribution in [2.75, 3.05) is 4.90 Å². The van der Waals surface area contributed by atoms with Crippen molar-refractivity contribution in [3.8, 4) is 17.2 Å². The number of hydrogen-bond donors (Lipinski definition) is 1. The Labute approximate surface area is 234 Å². The van der Waals surface area contributed by atoms with E-state index in [1.54, 1.807) is 0 Å². The minimum absolute atomic E-state index is 0.118. The van der Waals surface area contributed by atoms with Crippen molar-refractivity contribution in [2.24, 2.45) is 0 Å². The number of thiocarbonyl (C=S) groups is 1. The first kappa shape index (κ1) is 24.9. The quantitative estimate of drug-likeness (QED) is 0.227. The van der Waals surface area contributed by atoms with E-state index in [-0.39, 0.29) is 12.1 Å². The Morgan fingerprint density at radius 2 is 1.49 bits per heavy atom. The van der Waals surface area contributed by atoms with Gasteiger partial charge in [0.2, 0.25) is 0 Å². The van der Waals surface area contributed by atoms with Gasteiger partial charge in [-0.1, -0.05) is 29.8 Å². The topological polar surface area (TPSA) is 42.3 Å². The second-order valence-corrected chi connectivity index (χ2v) is 10.4. The van der Waals surface area contributed by atoms with Crippen LogP contribution < -0.4 is 15.0 Å². The SMILES string of the molecule is Cc1ccc(Oc2ccc(N3C(=S)N[C@@H](c4ccccn4)[C@H]3c3cccn3-c3ccc(C)c(C)c3)cc2)cc1. The highest BCUT2D eigenvalue weighted by Gasteiger charge is 2.42. The lowest BCUT2D eigenvalue weighted by Gasteiger charge is -2.29. The molecule has 1 aliphatic rings. The Hall–Kier alpha value is -4.42. The smallest absolute Gasteiger partial charge is 0.174 e. The predicted octanol–water partition coefficient (Wildman–Crippen LogP) is 7.77. The van der Waals surface area contributed by atoms with Crippen LogP contribution in [0.15, 0.2) is 109 Å². The Morgan fingerprint density at radius 1 is 0.769 bits per heavy atom. The summed E-state index contributed by atoms with van der Waals surface area (Å²) in [4.78, 5) is 6.89. The molecule has 0 unspecified atom stereocenters. The van der Waals surface area contributed by atoms with Crippen molar-refractivity contribution in [2.45, 2.75) is 32.9 Å². The van der Waals surface area contributed by atoms with Gasteiger partial charge in [-0.2, -0.15) is 0 Å². The van der Waals surface area contributed by atoms with Crippen LogP contribution in [0, 0.1) is 20.8 Å². The van der Waals surface area contributed by atoms with E-state index >= 15 is 0 Å². The fraction of sp³-hybridized carbons (Fsp3) is 0.152. The largest absolute Gasteiger partial charge is 0.457 e. The molecule has 194 valence electrons. The highest BCUT2D eigenvalue weighted by molar-refractivity contribution is 7.80. The van der Waals surface area contributed by atoms with E-state index in [1.807, 2.05) is 54.7 Å². The van der Waals surface area contributed by atoms with E-state index in [9.17, 15) is 0 Å². The molecule has 0 aliphatic carbocycles. The summed E-state index contributed by atoms with van der Waals surface area (Å²) in [7, 11) is 0. The van der Waals surface area contributed by atoms with Gasteiger partial charge in [0.25, 0.3) is 0 Å². The monoisotopic (exact) mass is 530 g/mol. The van der Waals surface area contributed by atoms with Gasteiger partial charge in [0.1, 0.15) is 17.5 Å². The lowest BCUT2D eigenvalue weighted by Crippen LogP contribution is -2.30. The molecule has 2 aromatic heterocycles. The van der Waals surface area contributed by atoms with E-state index in [4.69, 9.17) is 21.9 Å². The summed E-state index contributed by atoms with van der Waals surface area (Å²) in [6.07, 6.45) is 3.95. The van der Waals surface area contributed by atoms with Gasteiger partial charge in [-0.3, -0.25) is 4.98 Å². The zero-order valence-corrected chi connectivity index (χ0v) is 23.0. The number of aromatic nitrogens is 2. The Balaban J connectivity index is 1.39. The van der Waals surface area contributed by atoms with Crippen molar-refractivity contribution in [3.05, 3.63) is 138 Å². The van der Waals surface area contributed by atoms with Crippen molar-refractivity contribution in [3.63, 3.8) is 0 Å². The second kappa shape index (κ2) is 10.4. The molecule has 1 fully saturated rings. The first-order valence-electron chi connectivity index (χ1n) is 13.1.